The van der Waals surface area contributed by atoms with Crippen LogP contribution in [0.5, 0.6) is 5.75 Å². The van der Waals surface area contributed by atoms with Gasteiger partial charge < -0.3 is 10.5 Å². The van der Waals surface area contributed by atoms with Crippen LogP contribution in [0.25, 0.3) is 0 Å². The minimum absolute atomic E-state index is 0.233. The highest BCUT2D eigenvalue weighted by Gasteiger charge is 2.37. The van der Waals surface area contributed by atoms with Crippen LogP contribution in [-0.4, -0.2) is 16.6 Å². The normalized spacial score (nSPS) is 11.8. The Morgan fingerprint density at radius 1 is 1.47 bits per heavy atom. The Labute approximate surface area is 108 Å². The molecule has 0 aliphatic rings. The van der Waals surface area contributed by atoms with Gasteiger partial charge in [0.25, 0.3) is 11.7 Å². The van der Waals surface area contributed by atoms with Gasteiger partial charge in [-0.25, -0.2) is 8.78 Å². The summed E-state index contributed by atoms with van der Waals surface area (Å²) in [5.41, 5.74) is 2.74. The van der Waals surface area contributed by atoms with Crippen molar-refractivity contribution in [1.82, 2.24) is 4.98 Å². The van der Waals surface area contributed by atoms with E-state index in [0.29, 0.717) is 0 Å². The van der Waals surface area contributed by atoms with Crippen molar-refractivity contribution in [3.8, 4) is 5.75 Å². The molecule has 0 radical (unpaired) electrons. The number of carbonyl (C=O) groups is 1. The molecule has 0 saturated carbocycles. The first-order valence-corrected chi connectivity index (χ1v) is 5.00. The van der Waals surface area contributed by atoms with Crippen LogP contribution in [0.15, 0.2) is 6.20 Å². The molecule has 0 aliphatic heterocycles. The minimum Gasteiger partial charge on any atom is -0.403 e. The molecule has 1 rings (SSSR count). The summed E-state index contributed by atoms with van der Waals surface area (Å²) in [4.78, 5) is 14.2. The molecule has 19 heavy (non-hydrogen) atoms. The van der Waals surface area contributed by atoms with Crippen molar-refractivity contribution in [2.24, 2.45) is 5.73 Å². The number of carbonyl (C=O) groups excluding carboxylic acids is 1. The quantitative estimate of drug-likeness (QED) is 0.686. The first-order chi connectivity index (χ1) is 8.67. The van der Waals surface area contributed by atoms with Gasteiger partial charge in [-0.1, -0.05) is 0 Å². The van der Waals surface area contributed by atoms with Crippen molar-refractivity contribution >= 4 is 16.8 Å². The van der Waals surface area contributed by atoms with Crippen molar-refractivity contribution in [3.05, 3.63) is 23.0 Å². The molecule has 4 nitrogen and oxygen atoms in total. The molecule has 0 aliphatic carbocycles. The van der Waals surface area contributed by atoms with Crippen LogP contribution in [0, 0.1) is 0 Å². The highest BCUT2D eigenvalue weighted by atomic mass is 35.5. The van der Waals surface area contributed by atoms with E-state index in [1.807, 2.05) is 0 Å². The fraction of sp³-hybridized carbons (Fsp3) is 0.333. The van der Waals surface area contributed by atoms with E-state index in [0.717, 1.165) is 6.20 Å². The standard InChI is InChI=1S/C9H6ClF5N2O2/c10-7(18)4-3(1-16)2-17-5(8(11)12)6(4)19-9(13,14)15/h2,8H,1,16H2. The lowest BCUT2D eigenvalue weighted by Crippen LogP contribution is -2.21. The van der Waals surface area contributed by atoms with Gasteiger partial charge in [0.05, 0.1) is 5.56 Å². The predicted molar refractivity (Wildman–Crippen MR) is 54.0 cm³/mol. The average molecular weight is 305 g/mol. The van der Waals surface area contributed by atoms with Gasteiger partial charge in [-0.2, -0.15) is 0 Å². The van der Waals surface area contributed by atoms with Gasteiger partial charge >= 0.3 is 6.36 Å². The van der Waals surface area contributed by atoms with Crippen LogP contribution >= 0.6 is 11.6 Å². The molecule has 2 N–H and O–H groups in total. The molecule has 0 aromatic carbocycles. The second kappa shape index (κ2) is 5.66. The second-order valence-electron chi connectivity index (χ2n) is 3.20. The maximum atomic E-state index is 12.6. The smallest absolute Gasteiger partial charge is 0.403 e. The Hall–Kier alpha value is -1.48. The van der Waals surface area contributed by atoms with Crippen LogP contribution < -0.4 is 10.5 Å². The largest absolute Gasteiger partial charge is 0.573 e. The third kappa shape index (κ3) is 3.74. The first kappa shape index (κ1) is 15.6. The topological polar surface area (TPSA) is 65.2 Å². The van der Waals surface area contributed by atoms with Gasteiger partial charge in [0.1, 0.15) is 5.69 Å². The summed E-state index contributed by atoms with van der Waals surface area (Å²) in [5, 5.41) is -1.40. The highest BCUT2D eigenvalue weighted by Crippen LogP contribution is 2.36. The summed E-state index contributed by atoms with van der Waals surface area (Å²) >= 11 is 5.08. The number of nitrogens with two attached hydrogens (primary N) is 1. The van der Waals surface area contributed by atoms with Crippen LogP contribution in [0.2, 0.25) is 0 Å². The molecule has 10 heteroatoms. The van der Waals surface area contributed by atoms with Gasteiger partial charge in [0, 0.05) is 12.7 Å². The number of nitrogens with zero attached hydrogens (tertiary/aromatic N) is 1. The number of hydrogen-bond donors (Lipinski definition) is 1. The molecule has 0 saturated heterocycles. The van der Waals surface area contributed by atoms with Crippen molar-refractivity contribution in [2.45, 2.75) is 19.3 Å². The molecule has 0 fully saturated rings. The molecule has 0 unspecified atom stereocenters. The minimum atomic E-state index is -5.28. The molecular formula is C9H6ClF5N2O2. The second-order valence-corrected chi connectivity index (χ2v) is 3.54. The number of aromatic nitrogens is 1. The molecule has 1 heterocycles. The van der Waals surface area contributed by atoms with Crippen molar-refractivity contribution < 1.29 is 31.5 Å². The molecule has 106 valence electrons. The maximum Gasteiger partial charge on any atom is 0.573 e. The molecular weight excluding hydrogens is 299 g/mol. The number of pyridine rings is 1. The molecule has 0 spiro atoms. The molecule has 0 bridgehead atoms. The summed E-state index contributed by atoms with van der Waals surface area (Å²) in [6.07, 6.45) is -7.90. The van der Waals surface area contributed by atoms with Crippen molar-refractivity contribution in [3.63, 3.8) is 0 Å². The van der Waals surface area contributed by atoms with Crippen LogP contribution in [-0.2, 0) is 6.54 Å². The number of halogens is 6. The van der Waals surface area contributed by atoms with E-state index in [-0.39, 0.29) is 5.56 Å². The lowest BCUT2D eigenvalue weighted by molar-refractivity contribution is -0.275. The van der Waals surface area contributed by atoms with E-state index in [9.17, 15) is 26.7 Å². The molecule has 0 amide bonds. The van der Waals surface area contributed by atoms with E-state index in [1.165, 1.54) is 0 Å². The Balaban J connectivity index is 3.53. The fourth-order valence-corrected chi connectivity index (χ4v) is 1.50. The first-order valence-electron chi connectivity index (χ1n) is 4.63. The number of alkyl halides is 5. The Morgan fingerprint density at radius 2 is 2.05 bits per heavy atom. The van der Waals surface area contributed by atoms with E-state index in [1.54, 1.807) is 0 Å². The number of hydrogen-bond acceptors (Lipinski definition) is 4. The maximum absolute atomic E-state index is 12.6. The molecule has 0 atom stereocenters. The SMILES string of the molecule is NCc1cnc(C(F)F)c(OC(F)(F)F)c1C(=O)Cl. The van der Waals surface area contributed by atoms with E-state index in [2.05, 4.69) is 9.72 Å². The molecule has 1 aromatic heterocycles. The van der Waals surface area contributed by atoms with Gasteiger partial charge in [0.15, 0.2) is 5.75 Å². The van der Waals surface area contributed by atoms with Crippen LogP contribution in [0.4, 0.5) is 22.0 Å². The third-order valence-electron chi connectivity index (χ3n) is 1.98. The van der Waals surface area contributed by atoms with Gasteiger partial charge in [-0.05, 0) is 17.2 Å². The summed E-state index contributed by atoms with van der Waals surface area (Å²) in [6.45, 7) is -0.418. The van der Waals surface area contributed by atoms with Crippen molar-refractivity contribution in [1.29, 1.82) is 0 Å². The van der Waals surface area contributed by atoms with Crippen molar-refractivity contribution in [2.75, 3.05) is 0 Å². The fourth-order valence-electron chi connectivity index (χ4n) is 1.29. The van der Waals surface area contributed by atoms with Crippen LogP contribution in [0.1, 0.15) is 28.0 Å². The number of ether oxygens (including phenoxy) is 1. The van der Waals surface area contributed by atoms with Gasteiger partial charge in [0.2, 0.25) is 0 Å². The lowest BCUT2D eigenvalue weighted by atomic mass is 10.1. The Bertz CT molecular complexity index is 492. The van der Waals surface area contributed by atoms with Gasteiger partial charge in [-0.3, -0.25) is 9.78 Å². The van der Waals surface area contributed by atoms with E-state index < -0.39 is 41.6 Å². The van der Waals surface area contributed by atoms with E-state index >= 15 is 0 Å². The average Bonchev–Trinajstić information content (AvgIpc) is 2.25. The highest BCUT2D eigenvalue weighted by molar-refractivity contribution is 6.68. The monoisotopic (exact) mass is 304 g/mol. The lowest BCUT2D eigenvalue weighted by Gasteiger charge is -2.16. The zero-order valence-electron chi connectivity index (χ0n) is 8.97. The summed E-state index contributed by atoms with van der Waals surface area (Å²) in [7, 11) is 0. The molecule has 1 aromatic rings. The summed E-state index contributed by atoms with van der Waals surface area (Å²) in [5.74, 6) is -1.43. The van der Waals surface area contributed by atoms with E-state index in [4.69, 9.17) is 17.3 Å². The predicted octanol–water partition coefficient (Wildman–Crippen LogP) is 2.76. The zero-order chi connectivity index (χ0) is 14.8. The number of rotatable bonds is 4. The zero-order valence-corrected chi connectivity index (χ0v) is 9.73. The van der Waals surface area contributed by atoms with Gasteiger partial charge in [-0.15, -0.1) is 13.2 Å². The Kier molecular flexibility index (Phi) is 4.64. The Morgan fingerprint density at radius 3 is 2.42 bits per heavy atom. The third-order valence-corrected chi connectivity index (χ3v) is 2.17. The summed E-state index contributed by atoms with van der Waals surface area (Å²) in [6, 6.07) is 0. The van der Waals surface area contributed by atoms with Crippen LogP contribution in [0.3, 0.4) is 0 Å². The summed E-state index contributed by atoms with van der Waals surface area (Å²) < 4.78 is 65.1.